The maximum Gasteiger partial charge on any atom is 0.261 e. The first-order valence-corrected chi connectivity index (χ1v) is 10.3. The minimum Gasteiger partial charge on any atom is -0.402 e. The molecule has 1 atom stereocenters. The van der Waals surface area contributed by atoms with Gasteiger partial charge in [-0.1, -0.05) is 81.4 Å². The fourth-order valence-electron chi connectivity index (χ4n) is 3.55. The van der Waals surface area contributed by atoms with Crippen LogP contribution in [0.4, 0.5) is 0 Å². The van der Waals surface area contributed by atoms with E-state index in [1.807, 2.05) is 0 Å². The molecular weight excluding hydrogens is 300 g/mol. The van der Waals surface area contributed by atoms with Crippen molar-refractivity contribution in [3.05, 3.63) is 60.7 Å². The highest BCUT2D eigenvalue weighted by molar-refractivity contribution is 6.99. The lowest BCUT2D eigenvalue weighted by Gasteiger charge is -2.44. The van der Waals surface area contributed by atoms with Crippen LogP contribution in [-0.4, -0.2) is 27.6 Å². The van der Waals surface area contributed by atoms with Gasteiger partial charge in [-0.3, -0.25) is 0 Å². The van der Waals surface area contributed by atoms with Crippen molar-refractivity contribution in [2.24, 2.45) is 0 Å². The zero-order valence-corrected chi connectivity index (χ0v) is 15.3. The van der Waals surface area contributed by atoms with Gasteiger partial charge < -0.3 is 9.16 Å². The number of ether oxygens (including phenoxy) is 1. The zero-order valence-electron chi connectivity index (χ0n) is 14.3. The summed E-state index contributed by atoms with van der Waals surface area (Å²) >= 11 is 0. The molecule has 0 saturated carbocycles. The van der Waals surface area contributed by atoms with E-state index in [0.29, 0.717) is 6.61 Å². The molecule has 1 fully saturated rings. The smallest absolute Gasteiger partial charge is 0.261 e. The van der Waals surface area contributed by atoms with Crippen molar-refractivity contribution in [1.82, 2.24) is 0 Å². The number of benzene rings is 2. The molecule has 2 aromatic carbocycles. The predicted molar refractivity (Wildman–Crippen MR) is 97.9 cm³/mol. The summed E-state index contributed by atoms with van der Waals surface area (Å²) in [6, 6.07) is 21.6. The lowest BCUT2D eigenvalue weighted by Crippen LogP contribution is -2.67. The predicted octanol–water partition coefficient (Wildman–Crippen LogP) is 3.35. The third-order valence-corrected chi connectivity index (χ3v) is 9.74. The molecule has 0 unspecified atom stereocenters. The molecular formula is C20H26O2Si. The van der Waals surface area contributed by atoms with Gasteiger partial charge in [0.2, 0.25) is 0 Å². The first kappa shape index (κ1) is 16.4. The van der Waals surface area contributed by atoms with Gasteiger partial charge in [0.05, 0.1) is 12.7 Å². The minimum absolute atomic E-state index is 0.0400. The first-order valence-electron chi connectivity index (χ1n) is 8.41. The average Bonchev–Trinajstić information content (AvgIpc) is 3.06. The highest BCUT2D eigenvalue weighted by Crippen LogP contribution is 2.38. The van der Waals surface area contributed by atoms with Crippen LogP contribution in [0.25, 0.3) is 0 Å². The van der Waals surface area contributed by atoms with E-state index in [1.165, 1.54) is 10.4 Å². The molecule has 1 aliphatic rings. The maximum atomic E-state index is 6.95. The van der Waals surface area contributed by atoms with Crippen LogP contribution in [0.3, 0.4) is 0 Å². The second-order valence-corrected chi connectivity index (χ2v) is 11.5. The quantitative estimate of drug-likeness (QED) is 0.802. The van der Waals surface area contributed by atoms with E-state index in [4.69, 9.17) is 9.16 Å². The van der Waals surface area contributed by atoms with E-state index in [-0.39, 0.29) is 11.1 Å². The standard InChI is InChI=1S/C20H26O2Si/c1-20(2,3)23(18-10-6-4-7-11-18,19-12-8-5-9-13-19)22-17-14-15-21-16-17/h4-13,17H,14-16H2,1-3H3/t17-/m0/s1. The van der Waals surface area contributed by atoms with Gasteiger partial charge in [0.15, 0.2) is 0 Å². The summed E-state index contributed by atoms with van der Waals surface area (Å²) in [7, 11) is -2.39. The van der Waals surface area contributed by atoms with Gasteiger partial charge in [0.1, 0.15) is 0 Å². The van der Waals surface area contributed by atoms with Crippen LogP contribution in [0.2, 0.25) is 5.04 Å². The van der Waals surface area contributed by atoms with Crippen LogP contribution < -0.4 is 10.4 Å². The third-order valence-electron chi connectivity index (χ3n) is 4.65. The van der Waals surface area contributed by atoms with Crippen molar-refractivity contribution in [2.75, 3.05) is 13.2 Å². The minimum atomic E-state index is -2.39. The average molecular weight is 327 g/mol. The topological polar surface area (TPSA) is 18.5 Å². The van der Waals surface area contributed by atoms with E-state index >= 15 is 0 Å². The normalized spacial score (nSPS) is 19.0. The van der Waals surface area contributed by atoms with Crippen LogP contribution in [0.1, 0.15) is 27.2 Å². The second kappa shape index (κ2) is 6.60. The van der Waals surface area contributed by atoms with Gasteiger partial charge >= 0.3 is 0 Å². The fraction of sp³-hybridized carbons (Fsp3) is 0.400. The van der Waals surface area contributed by atoms with E-state index in [2.05, 4.69) is 81.4 Å². The van der Waals surface area contributed by atoms with Crippen molar-refractivity contribution < 1.29 is 9.16 Å². The van der Waals surface area contributed by atoms with Crippen LogP contribution in [0.5, 0.6) is 0 Å². The summed E-state index contributed by atoms with van der Waals surface area (Å²) < 4.78 is 12.5. The van der Waals surface area contributed by atoms with Gasteiger partial charge in [-0.25, -0.2) is 0 Å². The van der Waals surface area contributed by atoms with E-state index < -0.39 is 8.32 Å². The lowest BCUT2D eigenvalue weighted by molar-refractivity contribution is 0.135. The Labute approximate surface area is 140 Å². The van der Waals surface area contributed by atoms with E-state index in [1.54, 1.807) is 0 Å². The Morgan fingerprint density at radius 1 is 0.913 bits per heavy atom. The Morgan fingerprint density at radius 2 is 1.43 bits per heavy atom. The molecule has 0 aliphatic carbocycles. The second-order valence-electron chi connectivity index (χ2n) is 7.27. The molecule has 2 nitrogen and oxygen atoms in total. The van der Waals surface area contributed by atoms with Gasteiger partial charge in [0, 0.05) is 6.61 Å². The Bertz CT molecular complexity index is 574. The molecule has 0 N–H and O–H groups in total. The monoisotopic (exact) mass is 326 g/mol. The van der Waals surface area contributed by atoms with Gasteiger partial charge in [-0.2, -0.15) is 0 Å². The van der Waals surface area contributed by atoms with Crippen LogP contribution >= 0.6 is 0 Å². The third kappa shape index (κ3) is 3.14. The Morgan fingerprint density at radius 3 is 1.83 bits per heavy atom. The summed E-state index contributed by atoms with van der Waals surface area (Å²) in [5, 5.41) is 2.72. The summed E-state index contributed by atoms with van der Waals surface area (Å²) in [5.74, 6) is 0. The fourth-order valence-corrected chi connectivity index (χ4v) is 8.25. The highest BCUT2D eigenvalue weighted by Gasteiger charge is 2.51. The molecule has 1 saturated heterocycles. The molecule has 0 amide bonds. The van der Waals surface area contributed by atoms with Crippen molar-refractivity contribution in [3.63, 3.8) is 0 Å². The SMILES string of the molecule is CC(C)(C)[Si](O[C@H]1CCOC1)(c1ccccc1)c1ccccc1. The first-order chi connectivity index (χ1) is 11.0. The van der Waals surface area contributed by atoms with Gasteiger partial charge in [-0.05, 0) is 21.8 Å². The van der Waals surface area contributed by atoms with Gasteiger partial charge in [-0.15, -0.1) is 0 Å². The molecule has 23 heavy (non-hydrogen) atoms. The van der Waals surface area contributed by atoms with E-state index in [9.17, 15) is 0 Å². The van der Waals surface area contributed by atoms with Crippen molar-refractivity contribution in [2.45, 2.75) is 38.3 Å². The maximum absolute atomic E-state index is 6.95. The molecule has 0 radical (unpaired) electrons. The summed E-state index contributed by atoms with van der Waals surface area (Å²) in [5.41, 5.74) is 0. The van der Waals surface area contributed by atoms with Gasteiger partial charge in [0.25, 0.3) is 8.32 Å². The van der Waals surface area contributed by atoms with Crippen LogP contribution in [-0.2, 0) is 9.16 Å². The molecule has 3 heteroatoms. The van der Waals surface area contributed by atoms with Crippen LogP contribution in [0, 0.1) is 0 Å². The number of rotatable bonds is 4. The Hall–Kier alpha value is -1.42. The molecule has 2 aromatic rings. The number of hydrogen-bond acceptors (Lipinski definition) is 2. The Balaban J connectivity index is 2.16. The zero-order chi connectivity index (χ0) is 16.3. The Kier molecular flexibility index (Phi) is 4.71. The molecule has 3 rings (SSSR count). The van der Waals surface area contributed by atoms with Crippen molar-refractivity contribution >= 4 is 18.7 Å². The molecule has 1 aliphatic heterocycles. The molecule has 0 spiro atoms. The summed E-state index contributed by atoms with van der Waals surface area (Å²) in [6.45, 7) is 8.46. The molecule has 122 valence electrons. The summed E-state index contributed by atoms with van der Waals surface area (Å²) in [4.78, 5) is 0. The highest BCUT2D eigenvalue weighted by atomic mass is 28.4. The number of hydrogen-bond donors (Lipinski definition) is 0. The van der Waals surface area contributed by atoms with Crippen LogP contribution in [0.15, 0.2) is 60.7 Å². The molecule has 0 aromatic heterocycles. The summed E-state index contributed by atoms with van der Waals surface area (Å²) in [6.07, 6.45) is 1.19. The largest absolute Gasteiger partial charge is 0.402 e. The van der Waals surface area contributed by atoms with E-state index in [0.717, 1.165) is 13.0 Å². The lowest BCUT2D eigenvalue weighted by atomic mass is 10.2. The molecule has 0 bridgehead atoms. The molecule has 1 heterocycles. The van der Waals surface area contributed by atoms with Crippen molar-refractivity contribution in [1.29, 1.82) is 0 Å². The van der Waals surface area contributed by atoms with Crippen molar-refractivity contribution in [3.8, 4) is 0 Å².